The number of hydrogen-bond acceptors (Lipinski definition) is 4. The van der Waals surface area contributed by atoms with Gasteiger partial charge in [-0.3, -0.25) is 0 Å². The maximum absolute atomic E-state index is 9.54. The molecule has 2 N–H and O–H groups in total. The van der Waals surface area contributed by atoms with E-state index in [1.165, 1.54) is 24.0 Å². The molecule has 0 bridgehead atoms. The molecule has 4 heteroatoms. The molecule has 0 saturated carbocycles. The second-order valence-corrected chi connectivity index (χ2v) is 5.02. The van der Waals surface area contributed by atoms with Gasteiger partial charge in [-0.05, 0) is 43.4 Å². The zero-order valence-electron chi connectivity index (χ0n) is 11.5. The van der Waals surface area contributed by atoms with Crippen molar-refractivity contribution in [1.29, 1.82) is 0 Å². The summed E-state index contributed by atoms with van der Waals surface area (Å²) >= 11 is 0. The summed E-state index contributed by atoms with van der Waals surface area (Å²) in [4.78, 5) is 4.38. The Labute approximate surface area is 118 Å². The smallest absolute Gasteiger partial charge is 0.216 e. The van der Waals surface area contributed by atoms with Gasteiger partial charge in [0.1, 0.15) is 5.75 Å². The molecule has 1 aromatic heterocycles. The molecule has 0 aliphatic heterocycles. The lowest BCUT2D eigenvalue weighted by Crippen LogP contribution is -2.09. The summed E-state index contributed by atoms with van der Waals surface area (Å²) < 4.78 is 5.36. The van der Waals surface area contributed by atoms with Crippen molar-refractivity contribution in [2.75, 3.05) is 12.4 Å². The van der Waals surface area contributed by atoms with Gasteiger partial charge in [-0.25, -0.2) is 4.98 Å². The predicted octanol–water partition coefficient (Wildman–Crippen LogP) is 3.42. The van der Waals surface area contributed by atoms with Crippen LogP contribution in [0, 0.1) is 0 Å². The summed E-state index contributed by atoms with van der Waals surface area (Å²) in [5, 5.41) is 12.9. The third-order valence-corrected chi connectivity index (χ3v) is 3.68. The van der Waals surface area contributed by atoms with Gasteiger partial charge in [0, 0.05) is 17.3 Å². The van der Waals surface area contributed by atoms with Crippen LogP contribution in [-0.2, 0) is 12.8 Å². The fraction of sp³-hybridized carbons (Fsp3) is 0.312. The Balaban J connectivity index is 1.97. The Morgan fingerprint density at radius 3 is 2.75 bits per heavy atom. The van der Waals surface area contributed by atoms with Crippen LogP contribution in [0.15, 0.2) is 30.5 Å². The molecule has 0 atom stereocenters. The van der Waals surface area contributed by atoms with Gasteiger partial charge in [-0.2, -0.15) is 0 Å². The standard InChI is InChI=1S/C16H18N2O2/c1-20-16-14-8-3-2-7-13(14)15(10-17-16)18-11-5-4-6-12(19)9-11/h4-6,9-10,18-19H,2-3,7-8H2,1H3. The summed E-state index contributed by atoms with van der Waals surface area (Å²) in [5.74, 6) is 0.992. The summed E-state index contributed by atoms with van der Waals surface area (Å²) in [6, 6.07) is 7.12. The number of methoxy groups -OCH3 is 1. The van der Waals surface area contributed by atoms with Crippen LogP contribution in [0.3, 0.4) is 0 Å². The van der Waals surface area contributed by atoms with E-state index in [0.29, 0.717) is 0 Å². The fourth-order valence-electron chi connectivity index (χ4n) is 2.74. The molecule has 20 heavy (non-hydrogen) atoms. The van der Waals surface area contributed by atoms with E-state index in [4.69, 9.17) is 4.74 Å². The predicted molar refractivity (Wildman–Crippen MR) is 78.8 cm³/mol. The van der Waals surface area contributed by atoms with Gasteiger partial charge in [0.15, 0.2) is 0 Å². The maximum atomic E-state index is 9.54. The summed E-state index contributed by atoms with van der Waals surface area (Å²) in [5.41, 5.74) is 4.37. The number of aromatic hydroxyl groups is 1. The molecular weight excluding hydrogens is 252 g/mol. The van der Waals surface area contributed by atoms with Crippen LogP contribution in [0.2, 0.25) is 0 Å². The van der Waals surface area contributed by atoms with E-state index in [-0.39, 0.29) is 5.75 Å². The number of ether oxygens (including phenoxy) is 1. The number of fused-ring (bicyclic) bond motifs is 1. The van der Waals surface area contributed by atoms with E-state index in [1.807, 2.05) is 18.3 Å². The molecule has 1 aliphatic rings. The number of nitrogens with zero attached hydrogens (tertiary/aromatic N) is 1. The number of pyridine rings is 1. The van der Waals surface area contributed by atoms with Crippen LogP contribution >= 0.6 is 0 Å². The number of anilines is 2. The Bertz CT molecular complexity index is 626. The minimum Gasteiger partial charge on any atom is -0.508 e. The molecule has 0 amide bonds. The number of phenolic OH excluding ortho intramolecular Hbond substituents is 1. The Kier molecular flexibility index (Phi) is 3.46. The largest absolute Gasteiger partial charge is 0.508 e. The number of nitrogens with one attached hydrogen (secondary N) is 1. The number of hydrogen-bond donors (Lipinski definition) is 2. The van der Waals surface area contributed by atoms with Crippen LogP contribution in [0.4, 0.5) is 11.4 Å². The highest BCUT2D eigenvalue weighted by Crippen LogP contribution is 2.34. The van der Waals surface area contributed by atoms with E-state index < -0.39 is 0 Å². The van der Waals surface area contributed by atoms with Crippen LogP contribution in [-0.4, -0.2) is 17.2 Å². The summed E-state index contributed by atoms with van der Waals surface area (Å²) in [6.07, 6.45) is 6.24. The molecule has 1 aromatic carbocycles. The zero-order chi connectivity index (χ0) is 13.9. The van der Waals surface area contributed by atoms with Crippen LogP contribution in [0.1, 0.15) is 24.0 Å². The van der Waals surface area contributed by atoms with Gasteiger partial charge in [-0.1, -0.05) is 6.07 Å². The lowest BCUT2D eigenvalue weighted by atomic mass is 9.91. The van der Waals surface area contributed by atoms with Crippen LogP contribution in [0.25, 0.3) is 0 Å². The zero-order valence-corrected chi connectivity index (χ0v) is 11.5. The second kappa shape index (κ2) is 5.41. The molecule has 0 spiro atoms. The molecule has 3 rings (SSSR count). The highest BCUT2D eigenvalue weighted by molar-refractivity contribution is 5.66. The van der Waals surface area contributed by atoms with Gasteiger partial charge in [0.2, 0.25) is 5.88 Å². The molecule has 0 unspecified atom stereocenters. The SMILES string of the molecule is COc1ncc(Nc2cccc(O)c2)c2c1CCCC2. The average molecular weight is 270 g/mol. The van der Waals surface area contributed by atoms with Crippen molar-refractivity contribution in [2.45, 2.75) is 25.7 Å². The molecule has 1 aliphatic carbocycles. The Hall–Kier alpha value is -2.23. The first-order chi connectivity index (χ1) is 9.78. The number of rotatable bonds is 3. The molecular formula is C16H18N2O2. The van der Waals surface area contributed by atoms with Crippen LogP contribution in [0.5, 0.6) is 11.6 Å². The highest BCUT2D eigenvalue weighted by atomic mass is 16.5. The molecule has 4 nitrogen and oxygen atoms in total. The van der Waals surface area contributed by atoms with Gasteiger partial charge in [-0.15, -0.1) is 0 Å². The van der Waals surface area contributed by atoms with E-state index in [2.05, 4.69) is 10.3 Å². The van der Waals surface area contributed by atoms with Crippen LogP contribution < -0.4 is 10.1 Å². The first kappa shape index (κ1) is 12.8. The van der Waals surface area contributed by atoms with Crippen molar-refractivity contribution < 1.29 is 9.84 Å². The van der Waals surface area contributed by atoms with Gasteiger partial charge in [0.05, 0.1) is 19.0 Å². The lowest BCUT2D eigenvalue weighted by molar-refractivity contribution is 0.389. The molecule has 0 radical (unpaired) electrons. The maximum Gasteiger partial charge on any atom is 0.216 e. The fourth-order valence-corrected chi connectivity index (χ4v) is 2.74. The Morgan fingerprint density at radius 1 is 1.20 bits per heavy atom. The minimum absolute atomic E-state index is 0.255. The van der Waals surface area contributed by atoms with E-state index >= 15 is 0 Å². The highest BCUT2D eigenvalue weighted by Gasteiger charge is 2.18. The topological polar surface area (TPSA) is 54.4 Å². The second-order valence-electron chi connectivity index (χ2n) is 5.02. The van der Waals surface area contributed by atoms with Crippen molar-refractivity contribution in [3.63, 3.8) is 0 Å². The van der Waals surface area contributed by atoms with Crippen molar-refractivity contribution in [3.05, 3.63) is 41.6 Å². The van der Waals surface area contributed by atoms with Gasteiger partial charge in [0.25, 0.3) is 0 Å². The van der Waals surface area contributed by atoms with E-state index in [9.17, 15) is 5.11 Å². The lowest BCUT2D eigenvalue weighted by Gasteiger charge is -2.21. The first-order valence-corrected chi connectivity index (χ1v) is 6.88. The number of aromatic nitrogens is 1. The van der Waals surface area contributed by atoms with Crippen molar-refractivity contribution in [3.8, 4) is 11.6 Å². The number of benzene rings is 1. The van der Waals surface area contributed by atoms with Crippen molar-refractivity contribution >= 4 is 11.4 Å². The van der Waals surface area contributed by atoms with Crippen molar-refractivity contribution in [2.24, 2.45) is 0 Å². The molecule has 0 fully saturated rings. The van der Waals surface area contributed by atoms with E-state index in [0.717, 1.165) is 30.1 Å². The molecule has 1 heterocycles. The summed E-state index contributed by atoms with van der Waals surface area (Å²) in [7, 11) is 1.67. The Morgan fingerprint density at radius 2 is 2.00 bits per heavy atom. The normalized spacial score (nSPS) is 13.7. The van der Waals surface area contributed by atoms with Gasteiger partial charge >= 0.3 is 0 Å². The average Bonchev–Trinajstić information content (AvgIpc) is 2.48. The molecule has 0 saturated heterocycles. The van der Waals surface area contributed by atoms with Gasteiger partial charge < -0.3 is 15.2 Å². The quantitative estimate of drug-likeness (QED) is 0.897. The third kappa shape index (κ3) is 2.41. The molecule has 2 aromatic rings. The third-order valence-electron chi connectivity index (χ3n) is 3.68. The van der Waals surface area contributed by atoms with E-state index in [1.54, 1.807) is 19.2 Å². The monoisotopic (exact) mass is 270 g/mol. The number of phenols is 1. The van der Waals surface area contributed by atoms with Crippen molar-refractivity contribution in [1.82, 2.24) is 4.98 Å². The summed E-state index contributed by atoms with van der Waals surface area (Å²) in [6.45, 7) is 0. The minimum atomic E-state index is 0.255. The molecule has 104 valence electrons. The first-order valence-electron chi connectivity index (χ1n) is 6.88.